The number of hydrogen-bond donors (Lipinski definition) is 0. The molecule has 6 aromatic rings. The maximum Gasteiger partial charge on any atom is 0.135 e. The highest BCUT2D eigenvalue weighted by molar-refractivity contribution is 6.05. The molecule has 0 atom stereocenters. The fourth-order valence-electron chi connectivity index (χ4n) is 6.43. The van der Waals surface area contributed by atoms with Crippen LogP contribution in [0.15, 0.2) is 109 Å². The molecule has 0 amide bonds. The normalized spacial score (nSPS) is 14.3. The summed E-state index contributed by atoms with van der Waals surface area (Å²) in [6.45, 7) is 4.71. The van der Waals surface area contributed by atoms with Crippen molar-refractivity contribution in [2.24, 2.45) is 0 Å². The first-order valence-corrected chi connectivity index (χ1v) is 12.6. The second-order valence-electron chi connectivity index (χ2n) is 10.6. The topological polar surface area (TPSA) is 9.23 Å². The van der Waals surface area contributed by atoms with Gasteiger partial charge in [0, 0.05) is 16.4 Å². The summed E-state index contributed by atoms with van der Waals surface area (Å²) in [4.78, 5) is 0. The van der Waals surface area contributed by atoms with Crippen LogP contribution in [0, 0.1) is 0 Å². The molecule has 1 aliphatic heterocycles. The fraction of sp³-hybridized carbons (Fsp3) is 0.0857. The van der Waals surface area contributed by atoms with Crippen LogP contribution in [0.5, 0.6) is 11.5 Å². The summed E-state index contributed by atoms with van der Waals surface area (Å²) < 4.78 is 6.33. The van der Waals surface area contributed by atoms with Gasteiger partial charge in [0.25, 0.3) is 0 Å². The summed E-state index contributed by atoms with van der Waals surface area (Å²) in [5.74, 6) is 1.86. The lowest BCUT2D eigenvalue weighted by Crippen LogP contribution is -2.15. The number of ether oxygens (including phenoxy) is 1. The Kier molecular flexibility index (Phi) is 3.79. The minimum Gasteiger partial charge on any atom is -0.456 e. The van der Waals surface area contributed by atoms with E-state index in [-0.39, 0.29) is 5.41 Å². The molecule has 0 saturated heterocycles. The molecule has 0 bridgehead atoms. The van der Waals surface area contributed by atoms with Crippen LogP contribution in [0.1, 0.15) is 25.0 Å². The summed E-state index contributed by atoms with van der Waals surface area (Å²) in [6, 6.07) is 39.8. The molecule has 170 valence electrons. The molecule has 1 heterocycles. The predicted molar refractivity (Wildman–Crippen MR) is 150 cm³/mol. The first kappa shape index (κ1) is 19.9. The predicted octanol–water partition coefficient (Wildman–Crippen LogP) is 9.74. The molecule has 1 nitrogen and oxygen atoms in total. The second kappa shape index (κ2) is 6.86. The lowest BCUT2D eigenvalue weighted by atomic mass is 9.81. The number of hydrogen-bond acceptors (Lipinski definition) is 1. The molecule has 6 aromatic carbocycles. The zero-order valence-electron chi connectivity index (χ0n) is 20.3. The lowest BCUT2D eigenvalue weighted by molar-refractivity contribution is 0.487. The van der Waals surface area contributed by atoms with Gasteiger partial charge in [0.1, 0.15) is 11.5 Å². The van der Waals surface area contributed by atoms with Crippen LogP contribution in [0.2, 0.25) is 0 Å². The summed E-state index contributed by atoms with van der Waals surface area (Å²) in [7, 11) is 0. The van der Waals surface area contributed by atoms with E-state index >= 15 is 0 Å². The first-order chi connectivity index (χ1) is 17.6. The fourth-order valence-corrected chi connectivity index (χ4v) is 6.43. The SMILES string of the molecule is CC1(C)c2cc(-c3ccc4c(c3)-c3cccc5cccc(c35)O4)ccc2-c2c1ccc1ccccc21. The standard InChI is InChI=1S/C35H24O/c1-35(2)29-17-14-21-7-3-4-10-25(21)34(29)27-16-13-24(20-30(27)35)23-15-18-31-28(19-23)26-11-5-8-22-9-6-12-32(36-31)33(22)26/h3-20H,1-2H3. The van der Waals surface area contributed by atoms with E-state index in [0.717, 1.165) is 17.1 Å². The van der Waals surface area contributed by atoms with Gasteiger partial charge in [-0.1, -0.05) is 98.8 Å². The van der Waals surface area contributed by atoms with Gasteiger partial charge in [0.05, 0.1) is 0 Å². The summed E-state index contributed by atoms with van der Waals surface area (Å²) in [6.07, 6.45) is 0. The van der Waals surface area contributed by atoms with Crippen LogP contribution >= 0.6 is 0 Å². The highest BCUT2D eigenvalue weighted by atomic mass is 16.5. The summed E-state index contributed by atoms with van der Waals surface area (Å²) in [5.41, 5.74) is 10.4. The van der Waals surface area contributed by atoms with Gasteiger partial charge in [-0.3, -0.25) is 0 Å². The van der Waals surface area contributed by atoms with E-state index < -0.39 is 0 Å². The van der Waals surface area contributed by atoms with Gasteiger partial charge in [-0.05, 0) is 79.4 Å². The van der Waals surface area contributed by atoms with Gasteiger partial charge < -0.3 is 4.74 Å². The molecule has 0 N–H and O–H groups in total. The molecule has 0 aromatic heterocycles. The van der Waals surface area contributed by atoms with Crippen molar-refractivity contribution in [1.29, 1.82) is 0 Å². The van der Waals surface area contributed by atoms with Gasteiger partial charge in [-0.15, -0.1) is 0 Å². The molecule has 0 spiro atoms. The first-order valence-electron chi connectivity index (χ1n) is 12.6. The molecule has 0 unspecified atom stereocenters. The largest absolute Gasteiger partial charge is 0.456 e. The van der Waals surface area contributed by atoms with Crippen molar-refractivity contribution in [2.75, 3.05) is 0 Å². The Morgan fingerprint density at radius 1 is 0.528 bits per heavy atom. The van der Waals surface area contributed by atoms with Crippen LogP contribution in [0.25, 0.3) is 54.9 Å². The van der Waals surface area contributed by atoms with E-state index in [1.54, 1.807) is 0 Å². The Hall–Kier alpha value is -4.36. The van der Waals surface area contributed by atoms with Crippen molar-refractivity contribution in [1.82, 2.24) is 0 Å². The third kappa shape index (κ3) is 2.55. The molecular formula is C35H24O. The molecule has 0 saturated carbocycles. The molecule has 1 aliphatic carbocycles. The summed E-state index contributed by atoms with van der Waals surface area (Å²) in [5, 5.41) is 5.05. The van der Waals surface area contributed by atoms with E-state index in [9.17, 15) is 0 Å². The second-order valence-corrected chi connectivity index (χ2v) is 10.6. The average molecular weight is 461 g/mol. The van der Waals surface area contributed by atoms with Crippen molar-refractivity contribution in [3.05, 3.63) is 120 Å². The minimum atomic E-state index is -0.0490. The van der Waals surface area contributed by atoms with Crippen LogP contribution < -0.4 is 4.74 Å². The van der Waals surface area contributed by atoms with Gasteiger partial charge in [-0.2, -0.15) is 0 Å². The van der Waals surface area contributed by atoms with Crippen LogP contribution in [-0.4, -0.2) is 0 Å². The minimum absolute atomic E-state index is 0.0490. The molecule has 8 rings (SSSR count). The van der Waals surface area contributed by atoms with Crippen molar-refractivity contribution in [2.45, 2.75) is 19.3 Å². The highest BCUT2D eigenvalue weighted by Gasteiger charge is 2.36. The van der Waals surface area contributed by atoms with Crippen LogP contribution in [-0.2, 0) is 5.41 Å². The highest BCUT2D eigenvalue weighted by Crippen LogP contribution is 2.53. The van der Waals surface area contributed by atoms with Crippen LogP contribution in [0.3, 0.4) is 0 Å². The van der Waals surface area contributed by atoms with E-state index in [2.05, 4.69) is 123 Å². The molecule has 2 aliphatic rings. The molecule has 36 heavy (non-hydrogen) atoms. The van der Waals surface area contributed by atoms with Gasteiger partial charge in [0.15, 0.2) is 0 Å². The van der Waals surface area contributed by atoms with E-state index in [4.69, 9.17) is 4.74 Å². The quantitative estimate of drug-likeness (QED) is 0.237. The Morgan fingerprint density at radius 2 is 1.31 bits per heavy atom. The monoisotopic (exact) mass is 460 g/mol. The van der Waals surface area contributed by atoms with E-state index in [1.807, 2.05) is 0 Å². The Morgan fingerprint density at radius 3 is 2.22 bits per heavy atom. The Bertz CT molecular complexity index is 1880. The van der Waals surface area contributed by atoms with Gasteiger partial charge in [0.2, 0.25) is 0 Å². The molecular weight excluding hydrogens is 436 g/mol. The van der Waals surface area contributed by atoms with Gasteiger partial charge >= 0.3 is 0 Å². The average Bonchev–Trinajstić information content (AvgIpc) is 3.15. The third-order valence-corrected chi connectivity index (χ3v) is 8.25. The number of fused-ring (bicyclic) bond motifs is 7. The molecule has 1 heteroatoms. The van der Waals surface area contributed by atoms with E-state index in [0.29, 0.717) is 0 Å². The zero-order valence-corrected chi connectivity index (χ0v) is 20.3. The van der Waals surface area contributed by atoms with Crippen molar-refractivity contribution >= 4 is 21.5 Å². The Balaban J connectivity index is 1.31. The van der Waals surface area contributed by atoms with Crippen LogP contribution in [0.4, 0.5) is 0 Å². The lowest BCUT2D eigenvalue weighted by Gasteiger charge is -2.23. The zero-order chi connectivity index (χ0) is 24.0. The van der Waals surface area contributed by atoms with Gasteiger partial charge in [-0.25, -0.2) is 0 Å². The number of rotatable bonds is 1. The van der Waals surface area contributed by atoms with Crippen molar-refractivity contribution in [3.8, 4) is 44.9 Å². The molecule has 0 fully saturated rings. The smallest absolute Gasteiger partial charge is 0.135 e. The Labute approximate surface area is 210 Å². The molecule has 0 radical (unpaired) electrons. The summed E-state index contributed by atoms with van der Waals surface area (Å²) >= 11 is 0. The third-order valence-electron chi connectivity index (χ3n) is 8.25. The maximum absolute atomic E-state index is 6.33. The van der Waals surface area contributed by atoms with E-state index in [1.165, 1.54) is 60.5 Å². The van der Waals surface area contributed by atoms with Crippen molar-refractivity contribution in [3.63, 3.8) is 0 Å². The number of benzene rings is 6. The maximum atomic E-state index is 6.33. The van der Waals surface area contributed by atoms with Crippen molar-refractivity contribution < 1.29 is 4.74 Å².